The summed E-state index contributed by atoms with van der Waals surface area (Å²) in [6.45, 7) is 4.79. The number of furan rings is 1. The van der Waals surface area contributed by atoms with Crippen LogP contribution in [0.25, 0.3) is 98.4 Å². The van der Waals surface area contributed by atoms with Crippen LogP contribution in [0.5, 0.6) is 0 Å². The Labute approximate surface area is 325 Å². The molecule has 0 radical (unpaired) electrons. The first-order chi connectivity index (χ1) is 27.5. The van der Waals surface area contributed by atoms with E-state index in [2.05, 4.69) is 184 Å². The number of allylic oxidation sites excluding steroid dienone is 4. The number of fused-ring (bicyclic) bond motifs is 11. The Morgan fingerprint density at radius 3 is 1.86 bits per heavy atom. The summed E-state index contributed by atoms with van der Waals surface area (Å²) in [6.07, 6.45) is 9.98. The predicted octanol–water partition coefficient (Wildman–Crippen LogP) is 15.4. The fourth-order valence-corrected chi connectivity index (χ4v) is 10.2. The van der Waals surface area contributed by atoms with E-state index < -0.39 is 0 Å². The molecule has 0 aliphatic heterocycles. The smallest absolute Gasteiger partial charge is 0.136 e. The van der Waals surface area contributed by atoms with Crippen LogP contribution in [0.1, 0.15) is 42.9 Å². The first kappa shape index (κ1) is 31.6. The third kappa shape index (κ3) is 4.49. The second kappa shape index (κ2) is 11.7. The van der Waals surface area contributed by atoms with Gasteiger partial charge in [0.05, 0.1) is 0 Å². The summed E-state index contributed by atoms with van der Waals surface area (Å²) in [6, 6.07) is 57.0. The standard InChI is InChI=1S/C55H38O/c1-55(2)48-27-25-36-31-51-47(40-14-10-11-19-50(40)56-51)32-46(36)54(48)45-26-24-38(30-49(45)55)53-43-17-8-6-15-41(43)52(42-16-7-9-18-44(42)53)37-23-21-34-20-22-35(28-39(34)29-37)33-12-4-3-5-13-33/h3-12,14-33H,13H2,1-2H3. The van der Waals surface area contributed by atoms with Gasteiger partial charge in [-0.2, -0.15) is 0 Å². The molecule has 1 heteroatoms. The molecule has 0 bridgehead atoms. The van der Waals surface area contributed by atoms with Gasteiger partial charge in [0.2, 0.25) is 0 Å². The SMILES string of the molecule is CC1(C)c2cc(-c3c4ccccc4c(-c4ccc5ccc(C6C=CC=CC6)cc5c4)c4ccccc34)ccc2-c2c1ccc1cc3oc4ccccc4c3cc21. The third-order valence-electron chi connectivity index (χ3n) is 12.9. The maximum absolute atomic E-state index is 6.30. The molecule has 0 saturated heterocycles. The Bertz CT molecular complexity index is 3310. The van der Waals surface area contributed by atoms with Gasteiger partial charge < -0.3 is 4.42 Å². The first-order valence-electron chi connectivity index (χ1n) is 19.9. The van der Waals surface area contributed by atoms with Crippen LogP contribution >= 0.6 is 0 Å². The van der Waals surface area contributed by atoms with Crippen molar-refractivity contribution in [1.82, 2.24) is 0 Å². The van der Waals surface area contributed by atoms with Gasteiger partial charge in [-0.25, -0.2) is 0 Å². The van der Waals surface area contributed by atoms with E-state index >= 15 is 0 Å². The van der Waals surface area contributed by atoms with Crippen LogP contribution in [0, 0.1) is 0 Å². The molecule has 0 fully saturated rings. The van der Waals surface area contributed by atoms with E-state index in [1.165, 1.54) is 104 Å². The topological polar surface area (TPSA) is 13.1 Å². The third-order valence-corrected chi connectivity index (χ3v) is 12.9. The molecule has 12 rings (SSSR count). The minimum Gasteiger partial charge on any atom is -0.456 e. The summed E-state index contributed by atoms with van der Waals surface area (Å²) < 4.78 is 6.30. The molecule has 2 aliphatic rings. The minimum atomic E-state index is -0.165. The number of hydrogen-bond acceptors (Lipinski definition) is 1. The van der Waals surface area contributed by atoms with Crippen LogP contribution in [0.4, 0.5) is 0 Å². The molecule has 1 aromatic heterocycles. The van der Waals surface area contributed by atoms with Gasteiger partial charge in [-0.15, -0.1) is 0 Å². The van der Waals surface area contributed by atoms with Crippen LogP contribution in [-0.2, 0) is 5.41 Å². The first-order valence-corrected chi connectivity index (χ1v) is 19.9. The van der Waals surface area contributed by atoms with E-state index in [4.69, 9.17) is 4.42 Å². The Balaban J connectivity index is 1.05. The van der Waals surface area contributed by atoms with Crippen molar-refractivity contribution >= 4 is 65.0 Å². The molecule has 1 atom stereocenters. The predicted molar refractivity (Wildman–Crippen MR) is 238 cm³/mol. The van der Waals surface area contributed by atoms with Gasteiger partial charge in [0, 0.05) is 22.1 Å². The van der Waals surface area contributed by atoms with Crippen molar-refractivity contribution in [3.63, 3.8) is 0 Å². The highest BCUT2D eigenvalue weighted by atomic mass is 16.3. The second-order valence-corrected chi connectivity index (χ2v) is 16.4. The van der Waals surface area contributed by atoms with Crippen molar-refractivity contribution in [1.29, 1.82) is 0 Å². The van der Waals surface area contributed by atoms with Gasteiger partial charge >= 0.3 is 0 Å². The van der Waals surface area contributed by atoms with Gasteiger partial charge in [-0.3, -0.25) is 0 Å². The molecule has 264 valence electrons. The maximum atomic E-state index is 6.30. The summed E-state index contributed by atoms with van der Waals surface area (Å²) in [5, 5.41) is 12.5. The molecule has 2 aliphatic carbocycles. The van der Waals surface area contributed by atoms with Crippen molar-refractivity contribution in [2.45, 2.75) is 31.6 Å². The Kier molecular flexibility index (Phi) is 6.58. The van der Waals surface area contributed by atoms with Gasteiger partial charge in [-0.05, 0) is 130 Å². The summed E-state index contributed by atoms with van der Waals surface area (Å²) in [7, 11) is 0. The highest BCUT2D eigenvalue weighted by Gasteiger charge is 2.37. The van der Waals surface area contributed by atoms with E-state index in [1.54, 1.807) is 0 Å². The lowest BCUT2D eigenvalue weighted by atomic mass is 9.80. The van der Waals surface area contributed by atoms with E-state index in [9.17, 15) is 0 Å². The highest BCUT2D eigenvalue weighted by molar-refractivity contribution is 6.22. The van der Waals surface area contributed by atoms with E-state index in [0.717, 1.165) is 17.6 Å². The number of benzene rings is 9. The van der Waals surface area contributed by atoms with Gasteiger partial charge in [0.25, 0.3) is 0 Å². The molecule has 0 saturated carbocycles. The molecule has 0 N–H and O–H groups in total. The molecule has 0 amide bonds. The zero-order valence-corrected chi connectivity index (χ0v) is 31.4. The van der Waals surface area contributed by atoms with E-state index in [1.807, 2.05) is 6.07 Å². The summed E-state index contributed by atoms with van der Waals surface area (Å²) in [5.41, 5.74) is 13.6. The molecular weight excluding hydrogens is 677 g/mol. The Morgan fingerprint density at radius 1 is 0.464 bits per heavy atom. The zero-order valence-electron chi connectivity index (χ0n) is 31.4. The van der Waals surface area contributed by atoms with E-state index in [0.29, 0.717) is 5.92 Å². The number of hydrogen-bond donors (Lipinski definition) is 0. The molecule has 1 heterocycles. The average molecular weight is 715 g/mol. The summed E-state index contributed by atoms with van der Waals surface area (Å²) >= 11 is 0. The summed E-state index contributed by atoms with van der Waals surface area (Å²) in [5.74, 6) is 0.422. The minimum absolute atomic E-state index is 0.165. The van der Waals surface area contributed by atoms with Crippen molar-refractivity contribution in [2.24, 2.45) is 0 Å². The Morgan fingerprint density at radius 2 is 1.12 bits per heavy atom. The van der Waals surface area contributed by atoms with Gasteiger partial charge in [0.1, 0.15) is 11.2 Å². The molecular formula is C55H38O. The van der Waals surface area contributed by atoms with Crippen LogP contribution in [0.3, 0.4) is 0 Å². The lowest BCUT2D eigenvalue weighted by molar-refractivity contribution is 0.661. The van der Waals surface area contributed by atoms with Crippen molar-refractivity contribution in [3.05, 3.63) is 193 Å². The highest BCUT2D eigenvalue weighted by Crippen LogP contribution is 2.54. The maximum Gasteiger partial charge on any atom is 0.136 e. The van der Waals surface area contributed by atoms with Crippen molar-refractivity contribution in [2.75, 3.05) is 0 Å². The molecule has 9 aromatic carbocycles. The number of para-hydroxylation sites is 1. The monoisotopic (exact) mass is 714 g/mol. The van der Waals surface area contributed by atoms with Crippen LogP contribution in [-0.4, -0.2) is 0 Å². The molecule has 56 heavy (non-hydrogen) atoms. The Hall–Kier alpha value is -6.70. The lowest BCUT2D eigenvalue weighted by Crippen LogP contribution is -2.15. The van der Waals surface area contributed by atoms with Crippen molar-refractivity contribution < 1.29 is 4.42 Å². The summed E-state index contributed by atoms with van der Waals surface area (Å²) in [4.78, 5) is 0. The molecule has 10 aromatic rings. The normalized spacial score (nSPS) is 15.8. The lowest BCUT2D eigenvalue weighted by Gasteiger charge is -2.23. The van der Waals surface area contributed by atoms with Crippen LogP contribution in [0.2, 0.25) is 0 Å². The van der Waals surface area contributed by atoms with Crippen molar-refractivity contribution in [3.8, 4) is 33.4 Å². The van der Waals surface area contributed by atoms with Gasteiger partial charge in [0.15, 0.2) is 0 Å². The fourth-order valence-electron chi connectivity index (χ4n) is 10.2. The fraction of sp³-hybridized carbons (Fsp3) is 0.0909. The quantitative estimate of drug-likeness (QED) is 0.166. The molecule has 0 spiro atoms. The van der Waals surface area contributed by atoms with Crippen LogP contribution < -0.4 is 0 Å². The zero-order chi connectivity index (χ0) is 37.1. The second-order valence-electron chi connectivity index (χ2n) is 16.4. The number of rotatable bonds is 3. The van der Waals surface area contributed by atoms with E-state index in [-0.39, 0.29) is 5.41 Å². The van der Waals surface area contributed by atoms with Crippen LogP contribution in [0.15, 0.2) is 180 Å². The largest absolute Gasteiger partial charge is 0.456 e. The van der Waals surface area contributed by atoms with Gasteiger partial charge in [-0.1, -0.05) is 159 Å². The molecule has 1 unspecified atom stereocenters. The average Bonchev–Trinajstić information content (AvgIpc) is 3.72. The molecule has 1 nitrogen and oxygen atoms in total.